The molecule has 1 amide bonds. The largest absolute Gasteiger partial charge is 0.443 e. The maximum Gasteiger partial charge on any atom is 0.415 e. The van der Waals surface area contributed by atoms with Crippen molar-refractivity contribution < 1.29 is 14.1 Å². The molecular weight excluding hydrogens is 184 g/mol. The van der Waals surface area contributed by atoms with E-state index < -0.39 is 11.7 Å². The second-order valence-electron chi connectivity index (χ2n) is 3.90. The maximum absolute atomic E-state index is 11.5. The molecule has 0 unspecified atom stereocenters. The van der Waals surface area contributed by atoms with Gasteiger partial charge in [-0.15, -0.1) is 0 Å². The van der Waals surface area contributed by atoms with Crippen molar-refractivity contribution in [2.75, 3.05) is 11.9 Å². The number of amides is 1. The van der Waals surface area contributed by atoms with Crippen molar-refractivity contribution in [3.8, 4) is 0 Å². The topological polar surface area (TPSA) is 55.6 Å². The van der Waals surface area contributed by atoms with Crippen LogP contribution in [0.25, 0.3) is 0 Å². The van der Waals surface area contributed by atoms with Crippen LogP contribution < -0.4 is 4.90 Å². The van der Waals surface area contributed by atoms with Gasteiger partial charge in [-0.25, -0.2) is 4.79 Å². The first-order valence-electron chi connectivity index (χ1n) is 4.27. The molecule has 0 atom stereocenters. The van der Waals surface area contributed by atoms with Crippen LogP contribution in [-0.2, 0) is 4.74 Å². The van der Waals surface area contributed by atoms with Crippen LogP contribution in [0, 0.1) is 0 Å². The zero-order valence-corrected chi connectivity index (χ0v) is 8.77. The highest BCUT2D eigenvalue weighted by Crippen LogP contribution is 2.13. The molecule has 0 fully saturated rings. The normalized spacial score (nSPS) is 11.1. The zero-order chi connectivity index (χ0) is 10.8. The number of anilines is 1. The standard InChI is InChI=1S/C9H14N2O3/c1-9(2,3)14-8(12)11(4)7-5-6-13-10-7/h5-6H,1-4H3. The minimum absolute atomic E-state index is 0.430. The summed E-state index contributed by atoms with van der Waals surface area (Å²) >= 11 is 0. The van der Waals surface area contributed by atoms with Crippen LogP contribution in [0.5, 0.6) is 0 Å². The number of aromatic nitrogens is 1. The van der Waals surface area contributed by atoms with Crippen molar-refractivity contribution >= 4 is 11.9 Å². The van der Waals surface area contributed by atoms with Gasteiger partial charge in [0.25, 0.3) is 0 Å². The quantitative estimate of drug-likeness (QED) is 0.693. The smallest absolute Gasteiger partial charge is 0.415 e. The van der Waals surface area contributed by atoms with E-state index in [1.165, 1.54) is 11.2 Å². The fourth-order valence-corrected chi connectivity index (χ4v) is 0.803. The van der Waals surface area contributed by atoms with E-state index in [1.807, 2.05) is 20.8 Å². The van der Waals surface area contributed by atoms with Gasteiger partial charge in [-0.05, 0) is 20.8 Å². The Balaban J connectivity index is 2.63. The second-order valence-corrected chi connectivity index (χ2v) is 3.90. The van der Waals surface area contributed by atoms with Gasteiger partial charge in [0.15, 0.2) is 5.82 Å². The van der Waals surface area contributed by atoms with Gasteiger partial charge in [-0.2, -0.15) is 0 Å². The molecule has 0 spiro atoms. The third-order valence-corrected chi connectivity index (χ3v) is 1.44. The molecule has 5 nitrogen and oxygen atoms in total. The van der Waals surface area contributed by atoms with Crippen LogP contribution in [0.2, 0.25) is 0 Å². The van der Waals surface area contributed by atoms with E-state index in [2.05, 4.69) is 9.68 Å². The molecule has 0 radical (unpaired) electrons. The van der Waals surface area contributed by atoms with Crippen LogP contribution in [-0.4, -0.2) is 23.9 Å². The zero-order valence-electron chi connectivity index (χ0n) is 8.77. The molecule has 0 saturated carbocycles. The van der Waals surface area contributed by atoms with Gasteiger partial charge in [0.1, 0.15) is 11.9 Å². The Hall–Kier alpha value is -1.52. The molecule has 0 bridgehead atoms. The van der Waals surface area contributed by atoms with Crippen molar-refractivity contribution in [2.24, 2.45) is 0 Å². The Morgan fingerprint density at radius 1 is 1.57 bits per heavy atom. The molecule has 1 aromatic heterocycles. The van der Waals surface area contributed by atoms with Gasteiger partial charge in [-0.3, -0.25) is 4.90 Å². The van der Waals surface area contributed by atoms with Crippen molar-refractivity contribution in [3.63, 3.8) is 0 Å². The highest BCUT2D eigenvalue weighted by molar-refractivity contribution is 5.85. The third-order valence-electron chi connectivity index (χ3n) is 1.44. The Morgan fingerprint density at radius 3 is 2.64 bits per heavy atom. The summed E-state index contributed by atoms with van der Waals surface area (Å²) in [6.45, 7) is 5.42. The average Bonchev–Trinajstić information content (AvgIpc) is 2.51. The van der Waals surface area contributed by atoms with E-state index in [0.29, 0.717) is 5.82 Å². The van der Waals surface area contributed by atoms with Crippen molar-refractivity contribution in [1.29, 1.82) is 0 Å². The Kier molecular flexibility index (Phi) is 2.78. The Morgan fingerprint density at radius 2 is 2.21 bits per heavy atom. The first-order valence-corrected chi connectivity index (χ1v) is 4.27. The van der Waals surface area contributed by atoms with Crippen LogP contribution in [0.3, 0.4) is 0 Å². The molecule has 0 saturated heterocycles. The van der Waals surface area contributed by atoms with E-state index >= 15 is 0 Å². The van der Waals surface area contributed by atoms with Crippen LogP contribution in [0.1, 0.15) is 20.8 Å². The molecule has 0 aliphatic carbocycles. The van der Waals surface area contributed by atoms with Crippen LogP contribution >= 0.6 is 0 Å². The van der Waals surface area contributed by atoms with Crippen molar-refractivity contribution in [2.45, 2.75) is 26.4 Å². The third kappa shape index (κ3) is 2.76. The van der Waals surface area contributed by atoms with Gasteiger partial charge in [0, 0.05) is 13.1 Å². The lowest BCUT2D eigenvalue weighted by Gasteiger charge is -2.23. The summed E-state index contributed by atoms with van der Waals surface area (Å²) < 4.78 is 9.75. The monoisotopic (exact) mass is 198 g/mol. The van der Waals surface area contributed by atoms with E-state index in [0.717, 1.165) is 0 Å². The summed E-state index contributed by atoms with van der Waals surface area (Å²) in [5.41, 5.74) is -0.505. The first kappa shape index (κ1) is 10.6. The highest BCUT2D eigenvalue weighted by atomic mass is 16.6. The van der Waals surface area contributed by atoms with Gasteiger partial charge in [0.2, 0.25) is 0 Å². The molecule has 0 N–H and O–H groups in total. The number of nitrogens with zero attached hydrogens (tertiary/aromatic N) is 2. The number of rotatable bonds is 1. The molecule has 1 rings (SSSR count). The Labute approximate surface area is 82.6 Å². The average molecular weight is 198 g/mol. The molecule has 0 aromatic carbocycles. The molecule has 0 aliphatic heterocycles. The van der Waals surface area contributed by atoms with Crippen LogP contribution in [0.15, 0.2) is 16.9 Å². The second kappa shape index (κ2) is 3.69. The van der Waals surface area contributed by atoms with E-state index in [1.54, 1.807) is 13.1 Å². The molecule has 1 heterocycles. The molecular formula is C9H14N2O3. The predicted molar refractivity (Wildman–Crippen MR) is 51.1 cm³/mol. The minimum atomic E-state index is -0.505. The lowest BCUT2D eigenvalue weighted by Crippen LogP contribution is -2.34. The van der Waals surface area contributed by atoms with Gasteiger partial charge >= 0.3 is 6.09 Å². The van der Waals surface area contributed by atoms with E-state index in [9.17, 15) is 4.79 Å². The van der Waals surface area contributed by atoms with Crippen molar-refractivity contribution in [1.82, 2.24) is 5.16 Å². The number of hydrogen-bond donors (Lipinski definition) is 0. The van der Waals surface area contributed by atoms with Crippen LogP contribution in [0.4, 0.5) is 10.6 Å². The maximum atomic E-state index is 11.5. The van der Waals surface area contributed by atoms with Gasteiger partial charge in [0.05, 0.1) is 0 Å². The lowest BCUT2D eigenvalue weighted by atomic mass is 10.2. The number of carbonyl (C=O) groups is 1. The summed E-state index contributed by atoms with van der Waals surface area (Å²) in [5.74, 6) is 0.430. The van der Waals surface area contributed by atoms with E-state index in [4.69, 9.17) is 4.74 Å². The summed E-state index contributed by atoms with van der Waals surface area (Å²) in [6.07, 6.45) is 0.947. The number of carbonyl (C=O) groups excluding carboxylic acids is 1. The molecule has 14 heavy (non-hydrogen) atoms. The summed E-state index contributed by atoms with van der Waals surface area (Å²) in [6, 6.07) is 1.59. The fraction of sp³-hybridized carbons (Fsp3) is 0.556. The SMILES string of the molecule is CN(C(=O)OC(C)(C)C)c1ccon1. The molecule has 1 aromatic rings. The van der Waals surface area contributed by atoms with Crippen molar-refractivity contribution in [3.05, 3.63) is 12.3 Å². The minimum Gasteiger partial charge on any atom is -0.443 e. The number of hydrogen-bond acceptors (Lipinski definition) is 4. The summed E-state index contributed by atoms with van der Waals surface area (Å²) in [7, 11) is 1.58. The molecule has 5 heteroatoms. The first-order chi connectivity index (χ1) is 6.40. The highest BCUT2D eigenvalue weighted by Gasteiger charge is 2.21. The Bertz CT molecular complexity index is 300. The summed E-state index contributed by atoms with van der Waals surface area (Å²) in [4.78, 5) is 12.8. The molecule has 0 aliphatic rings. The molecule has 78 valence electrons. The number of ether oxygens (including phenoxy) is 1. The lowest BCUT2D eigenvalue weighted by molar-refractivity contribution is 0.0587. The van der Waals surface area contributed by atoms with Gasteiger partial charge in [-0.1, -0.05) is 5.16 Å². The predicted octanol–water partition coefficient (Wildman–Crippen LogP) is 2.05. The van der Waals surface area contributed by atoms with Gasteiger partial charge < -0.3 is 9.26 Å². The fourth-order valence-electron chi connectivity index (χ4n) is 0.803. The van der Waals surface area contributed by atoms with E-state index in [-0.39, 0.29) is 0 Å². The summed E-state index contributed by atoms with van der Waals surface area (Å²) in [5, 5.41) is 3.62.